The number of piperazine rings is 1. The monoisotopic (exact) mass is 391 g/mol. The average molecular weight is 391 g/mol. The second-order valence-electron chi connectivity index (χ2n) is 6.99. The Hall–Kier alpha value is -2.99. The van der Waals surface area contributed by atoms with E-state index in [0.29, 0.717) is 18.7 Å². The molecule has 1 atom stereocenters. The number of aromatic nitrogens is 1. The summed E-state index contributed by atoms with van der Waals surface area (Å²) in [5, 5.41) is 1.73. The molecule has 0 saturated carbocycles. The lowest BCUT2D eigenvalue weighted by Gasteiger charge is -2.41. The number of thiazole rings is 1. The average Bonchev–Trinajstić information content (AvgIpc) is 3.25. The lowest BCUT2D eigenvalue weighted by molar-refractivity contribution is -0.121. The summed E-state index contributed by atoms with van der Waals surface area (Å²) in [5.74, 6) is -0.254. The molecule has 142 valence electrons. The molecule has 1 saturated heterocycles. The van der Waals surface area contributed by atoms with Crippen LogP contribution in [-0.4, -0.2) is 40.8 Å². The number of amides is 2. The van der Waals surface area contributed by atoms with Crippen molar-refractivity contribution >= 4 is 28.8 Å². The first kappa shape index (κ1) is 18.4. The van der Waals surface area contributed by atoms with E-state index < -0.39 is 0 Å². The van der Waals surface area contributed by atoms with Crippen LogP contribution in [0.1, 0.15) is 21.6 Å². The fourth-order valence-corrected chi connectivity index (χ4v) is 4.04. The number of carbonyl (C=O) groups is 2. The lowest BCUT2D eigenvalue weighted by Crippen LogP contribution is -2.59. The maximum atomic E-state index is 13.0. The van der Waals surface area contributed by atoms with Crippen molar-refractivity contribution in [3.8, 4) is 0 Å². The normalized spacial score (nSPS) is 17.0. The predicted octanol–water partition coefficient (Wildman–Crippen LogP) is 3.55. The van der Waals surface area contributed by atoms with Crippen LogP contribution in [0.5, 0.6) is 0 Å². The zero-order chi connectivity index (χ0) is 19.5. The molecule has 2 aromatic carbocycles. The topological polar surface area (TPSA) is 53.5 Å². The predicted molar refractivity (Wildman–Crippen MR) is 111 cm³/mol. The molecule has 5 nitrogen and oxygen atoms in total. The molecule has 28 heavy (non-hydrogen) atoms. The number of nitrogens with zero attached hydrogens (tertiary/aromatic N) is 3. The number of aryl methyl sites for hydroxylation is 1. The van der Waals surface area contributed by atoms with Crippen LogP contribution in [0.2, 0.25) is 0 Å². The Morgan fingerprint density at radius 3 is 2.57 bits per heavy atom. The van der Waals surface area contributed by atoms with Gasteiger partial charge in [-0.1, -0.05) is 48.0 Å². The van der Waals surface area contributed by atoms with E-state index in [4.69, 9.17) is 0 Å². The van der Waals surface area contributed by atoms with Crippen LogP contribution in [-0.2, 0) is 11.2 Å². The van der Waals surface area contributed by atoms with Crippen molar-refractivity contribution in [3.63, 3.8) is 0 Å². The highest BCUT2D eigenvalue weighted by molar-refractivity contribution is 7.07. The number of hydrogen-bond donors (Lipinski definition) is 0. The minimum Gasteiger partial charge on any atom is -0.323 e. The van der Waals surface area contributed by atoms with Gasteiger partial charge in [-0.2, -0.15) is 0 Å². The maximum absolute atomic E-state index is 13.0. The second-order valence-corrected chi connectivity index (χ2v) is 7.71. The largest absolute Gasteiger partial charge is 0.323 e. The van der Waals surface area contributed by atoms with Gasteiger partial charge in [0.05, 0.1) is 11.6 Å². The van der Waals surface area contributed by atoms with Gasteiger partial charge in [-0.25, -0.2) is 4.98 Å². The van der Waals surface area contributed by atoms with Crippen LogP contribution in [0, 0.1) is 6.92 Å². The zero-order valence-corrected chi connectivity index (χ0v) is 16.4. The van der Waals surface area contributed by atoms with Crippen molar-refractivity contribution in [2.75, 3.05) is 18.0 Å². The molecule has 1 aliphatic rings. The van der Waals surface area contributed by atoms with Gasteiger partial charge in [-0.15, -0.1) is 11.3 Å². The van der Waals surface area contributed by atoms with E-state index in [1.807, 2.05) is 49.4 Å². The molecule has 0 N–H and O–H groups in total. The van der Waals surface area contributed by atoms with Crippen molar-refractivity contribution in [2.24, 2.45) is 0 Å². The maximum Gasteiger partial charge on any atom is 0.274 e. The van der Waals surface area contributed by atoms with Gasteiger partial charge < -0.3 is 9.80 Å². The second kappa shape index (κ2) is 7.94. The number of anilines is 1. The molecule has 6 heteroatoms. The van der Waals surface area contributed by atoms with Crippen molar-refractivity contribution < 1.29 is 9.59 Å². The Bertz CT molecular complexity index is 955. The smallest absolute Gasteiger partial charge is 0.274 e. The molecule has 0 unspecified atom stereocenters. The van der Waals surface area contributed by atoms with Crippen LogP contribution in [0.3, 0.4) is 0 Å². The third kappa shape index (κ3) is 3.82. The molecule has 0 radical (unpaired) electrons. The molecule has 3 aromatic rings. The summed E-state index contributed by atoms with van der Waals surface area (Å²) in [6.07, 6.45) is 0.687. The Morgan fingerprint density at radius 2 is 1.89 bits per heavy atom. The quantitative estimate of drug-likeness (QED) is 0.683. The molecule has 1 fully saturated rings. The first-order valence-electron chi connectivity index (χ1n) is 9.22. The summed E-state index contributed by atoms with van der Waals surface area (Å²) < 4.78 is 0. The number of rotatable bonds is 4. The molecule has 2 heterocycles. The molecule has 4 rings (SSSR count). The van der Waals surface area contributed by atoms with Crippen molar-refractivity contribution in [1.82, 2.24) is 9.88 Å². The van der Waals surface area contributed by atoms with Crippen molar-refractivity contribution in [3.05, 3.63) is 82.3 Å². The van der Waals surface area contributed by atoms with E-state index in [1.165, 1.54) is 11.3 Å². The first-order valence-corrected chi connectivity index (χ1v) is 10.2. The Morgan fingerprint density at radius 1 is 1.14 bits per heavy atom. The van der Waals surface area contributed by atoms with E-state index in [9.17, 15) is 9.59 Å². The number of carbonyl (C=O) groups excluding carboxylic acids is 2. The van der Waals surface area contributed by atoms with Crippen LogP contribution >= 0.6 is 11.3 Å². The first-order chi connectivity index (χ1) is 13.6. The summed E-state index contributed by atoms with van der Waals surface area (Å²) in [6, 6.07) is 17.9. The SMILES string of the molecule is Cc1ccc(N2C[C@@H](Cc3ccccc3)N(C(=O)c3cscn3)CC2=O)cc1. The van der Waals surface area contributed by atoms with E-state index in [0.717, 1.165) is 16.8 Å². The van der Waals surface area contributed by atoms with Gasteiger partial charge in [-0.05, 0) is 31.0 Å². The lowest BCUT2D eigenvalue weighted by atomic mass is 10.0. The third-order valence-corrected chi connectivity index (χ3v) is 5.60. The molecule has 1 aromatic heterocycles. The van der Waals surface area contributed by atoms with Crippen LogP contribution in [0.25, 0.3) is 0 Å². The van der Waals surface area contributed by atoms with Gasteiger partial charge in [0, 0.05) is 17.6 Å². The molecule has 0 spiro atoms. The summed E-state index contributed by atoms with van der Waals surface area (Å²) >= 11 is 1.38. The molecule has 2 amide bonds. The fourth-order valence-electron chi connectivity index (χ4n) is 3.51. The molecule has 0 bridgehead atoms. The highest BCUT2D eigenvalue weighted by atomic mass is 32.1. The third-order valence-electron chi connectivity index (χ3n) is 5.01. The van der Waals surface area contributed by atoms with Gasteiger partial charge in [0.1, 0.15) is 12.2 Å². The summed E-state index contributed by atoms with van der Waals surface area (Å²) in [4.78, 5) is 33.5. The van der Waals surface area contributed by atoms with E-state index in [2.05, 4.69) is 17.1 Å². The van der Waals surface area contributed by atoms with E-state index >= 15 is 0 Å². The van der Waals surface area contributed by atoms with Gasteiger partial charge in [-0.3, -0.25) is 9.59 Å². The van der Waals surface area contributed by atoms with Crippen LogP contribution in [0.15, 0.2) is 65.5 Å². The summed E-state index contributed by atoms with van der Waals surface area (Å²) in [6.45, 7) is 2.54. The number of benzene rings is 2. The zero-order valence-electron chi connectivity index (χ0n) is 15.6. The Labute approximate surface area is 168 Å². The van der Waals surface area contributed by atoms with Crippen molar-refractivity contribution in [2.45, 2.75) is 19.4 Å². The minimum atomic E-state index is -0.181. The fraction of sp³-hybridized carbons (Fsp3) is 0.227. The van der Waals surface area contributed by atoms with Crippen molar-refractivity contribution in [1.29, 1.82) is 0 Å². The van der Waals surface area contributed by atoms with Gasteiger partial charge in [0.25, 0.3) is 5.91 Å². The highest BCUT2D eigenvalue weighted by Crippen LogP contribution is 2.24. The molecular formula is C22H21N3O2S. The molecular weight excluding hydrogens is 370 g/mol. The summed E-state index contributed by atoms with van der Waals surface area (Å²) in [5.41, 5.74) is 5.20. The van der Waals surface area contributed by atoms with Crippen LogP contribution in [0.4, 0.5) is 5.69 Å². The molecule has 0 aliphatic carbocycles. The van der Waals surface area contributed by atoms with Gasteiger partial charge in [0.15, 0.2) is 0 Å². The minimum absolute atomic E-state index is 0.0573. The number of hydrogen-bond acceptors (Lipinski definition) is 4. The molecule has 1 aliphatic heterocycles. The highest BCUT2D eigenvalue weighted by Gasteiger charge is 2.36. The Kier molecular flexibility index (Phi) is 5.21. The standard InChI is InChI=1S/C22H21N3O2S/c1-16-7-9-18(10-8-16)24-12-19(11-17-5-3-2-4-6-17)25(13-21(24)26)22(27)20-14-28-15-23-20/h2-10,14-15,19H,11-13H2,1H3/t19-/m1/s1. The van der Waals surface area contributed by atoms with E-state index in [1.54, 1.807) is 20.7 Å². The van der Waals surface area contributed by atoms with Gasteiger partial charge in [0.2, 0.25) is 5.91 Å². The van der Waals surface area contributed by atoms with E-state index in [-0.39, 0.29) is 24.4 Å². The van der Waals surface area contributed by atoms with Gasteiger partial charge >= 0.3 is 0 Å². The van der Waals surface area contributed by atoms with Crippen LogP contribution < -0.4 is 4.90 Å². The Balaban J connectivity index is 1.63. The summed E-state index contributed by atoms with van der Waals surface area (Å²) in [7, 11) is 0.